The lowest BCUT2D eigenvalue weighted by Crippen LogP contribution is -2.51. The highest BCUT2D eigenvalue weighted by atomic mass is 28.3. The first-order chi connectivity index (χ1) is 9.07. The SMILES string of the molecule is C[C@@H](O)C([C@H](O)Cc1ccccc1)[Si](C)(C)C(C)(C)C. The van der Waals surface area contributed by atoms with E-state index in [-0.39, 0.29) is 10.6 Å². The van der Waals surface area contributed by atoms with E-state index in [1.807, 2.05) is 37.3 Å². The third kappa shape index (κ3) is 3.93. The van der Waals surface area contributed by atoms with E-state index in [9.17, 15) is 10.2 Å². The smallest absolute Gasteiger partial charge is 0.0620 e. The Morgan fingerprint density at radius 2 is 1.55 bits per heavy atom. The largest absolute Gasteiger partial charge is 0.393 e. The van der Waals surface area contributed by atoms with Crippen LogP contribution in [0.4, 0.5) is 0 Å². The van der Waals surface area contributed by atoms with Crippen molar-refractivity contribution in [2.24, 2.45) is 0 Å². The molecular weight excluding hydrogens is 264 g/mol. The summed E-state index contributed by atoms with van der Waals surface area (Å²) in [5.74, 6) is 0. The minimum Gasteiger partial charge on any atom is -0.393 e. The zero-order valence-corrected chi connectivity index (χ0v) is 14.7. The van der Waals surface area contributed by atoms with Gasteiger partial charge in [-0.25, -0.2) is 0 Å². The van der Waals surface area contributed by atoms with Crippen LogP contribution < -0.4 is 0 Å². The Bertz CT molecular complexity index is 407. The number of aliphatic hydroxyl groups excluding tert-OH is 2. The molecule has 0 amide bonds. The maximum atomic E-state index is 10.7. The summed E-state index contributed by atoms with van der Waals surface area (Å²) in [4.78, 5) is 0. The van der Waals surface area contributed by atoms with E-state index in [2.05, 4.69) is 33.9 Å². The maximum Gasteiger partial charge on any atom is 0.0620 e. The van der Waals surface area contributed by atoms with Crippen LogP contribution in [0.25, 0.3) is 0 Å². The molecule has 0 spiro atoms. The minimum absolute atomic E-state index is 0.0253. The first kappa shape index (κ1) is 17.4. The van der Waals surface area contributed by atoms with E-state index in [0.717, 1.165) is 5.56 Å². The molecule has 1 aromatic carbocycles. The summed E-state index contributed by atoms with van der Waals surface area (Å²) in [6, 6.07) is 10.0. The first-order valence-corrected chi connectivity index (χ1v) is 10.5. The molecule has 0 aromatic heterocycles. The molecule has 3 atom stereocenters. The number of rotatable bonds is 5. The van der Waals surface area contributed by atoms with Crippen LogP contribution >= 0.6 is 0 Å². The topological polar surface area (TPSA) is 40.5 Å². The second-order valence-electron chi connectivity index (χ2n) is 7.50. The molecule has 0 heterocycles. The van der Waals surface area contributed by atoms with Gasteiger partial charge in [-0.05, 0) is 23.9 Å². The third-order valence-corrected chi connectivity index (χ3v) is 11.4. The Labute approximate surface area is 124 Å². The van der Waals surface area contributed by atoms with Crippen LogP contribution in [0.2, 0.25) is 23.7 Å². The van der Waals surface area contributed by atoms with Gasteiger partial charge in [0.15, 0.2) is 0 Å². The summed E-state index contributed by atoms with van der Waals surface area (Å²) in [5.41, 5.74) is 1.10. The zero-order chi connectivity index (χ0) is 15.6. The van der Waals surface area contributed by atoms with Gasteiger partial charge >= 0.3 is 0 Å². The van der Waals surface area contributed by atoms with Gasteiger partial charge in [0.2, 0.25) is 0 Å². The van der Waals surface area contributed by atoms with E-state index in [4.69, 9.17) is 0 Å². The molecule has 0 aliphatic carbocycles. The monoisotopic (exact) mass is 294 g/mol. The van der Waals surface area contributed by atoms with Crippen LogP contribution in [0.3, 0.4) is 0 Å². The predicted molar refractivity (Wildman–Crippen MR) is 88.8 cm³/mol. The fraction of sp³-hybridized carbons (Fsp3) is 0.647. The molecular formula is C17H30O2Si. The fourth-order valence-corrected chi connectivity index (χ4v) is 6.17. The lowest BCUT2D eigenvalue weighted by molar-refractivity contribution is 0.0858. The number of hydrogen-bond donors (Lipinski definition) is 2. The zero-order valence-electron chi connectivity index (χ0n) is 13.7. The van der Waals surface area contributed by atoms with Crippen LogP contribution in [-0.4, -0.2) is 30.5 Å². The molecule has 0 radical (unpaired) electrons. The average Bonchev–Trinajstić information content (AvgIpc) is 2.27. The van der Waals surface area contributed by atoms with E-state index in [1.54, 1.807) is 0 Å². The second kappa shape index (κ2) is 6.42. The molecule has 0 saturated carbocycles. The third-order valence-electron chi connectivity index (χ3n) is 4.99. The lowest BCUT2D eigenvalue weighted by Gasteiger charge is -2.46. The van der Waals surface area contributed by atoms with E-state index in [0.29, 0.717) is 6.42 Å². The van der Waals surface area contributed by atoms with E-state index >= 15 is 0 Å². The molecule has 0 aliphatic heterocycles. The molecule has 1 aromatic rings. The predicted octanol–water partition coefficient (Wildman–Crippen LogP) is 3.85. The van der Waals surface area contributed by atoms with Crippen molar-refractivity contribution in [3.8, 4) is 0 Å². The standard InChI is InChI=1S/C17H30O2Si/c1-13(18)16(20(5,6)17(2,3)4)15(19)12-14-10-8-7-9-11-14/h7-11,13,15-16,18-19H,12H2,1-6H3/t13-,15-,16?/m1/s1. The van der Waals surface area contributed by atoms with Gasteiger partial charge in [0.1, 0.15) is 0 Å². The minimum atomic E-state index is -1.81. The Balaban J connectivity index is 2.97. The Hall–Kier alpha value is -0.643. The van der Waals surface area contributed by atoms with Gasteiger partial charge in [0, 0.05) is 5.54 Å². The second-order valence-corrected chi connectivity index (χ2v) is 13.1. The molecule has 0 aliphatic rings. The van der Waals surface area contributed by atoms with Gasteiger partial charge in [-0.3, -0.25) is 0 Å². The van der Waals surface area contributed by atoms with Gasteiger partial charge in [-0.2, -0.15) is 0 Å². The molecule has 0 saturated heterocycles. The van der Waals surface area contributed by atoms with Crippen LogP contribution in [-0.2, 0) is 6.42 Å². The molecule has 114 valence electrons. The molecule has 1 unspecified atom stereocenters. The van der Waals surface area contributed by atoms with Crippen molar-refractivity contribution >= 4 is 8.07 Å². The summed E-state index contributed by atoms with van der Waals surface area (Å²) in [5, 5.41) is 21.1. The van der Waals surface area contributed by atoms with Crippen molar-refractivity contribution in [3.05, 3.63) is 35.9 Å². The van der Waals surface area contributed by atoms with Gasteiger partial charge in [-0.15, -0.1) is 0 Å². The highest BCUT2D eigenvalue weighted by Gasteiger charge is 2.47. The van der Waals surface area contributed by atoms with Crippen LogP contribution in [0.15, 0.2) is 30.3 Å². The summed E-state index contributed by atoms with van der Waals surface area (Å²) < 4.78 is 0. The molecule has 3 heteroatoms. The van der Waals surface area contributed by atoms with Crippen molar-refractivity contribution in [2.45, 2.75) is 70.0 Å². The Morgan fingerprint density at radius 1 is 1.05 bits per heavy atom. The normalized spacial score (nSPS) is 17.6. The molecule has 0 bridgehead atoms. The summed E-state index contributed by atoms with van der Waals surface area (Å²) in [6.07, 6.45) is -0.351. The van der Waals surface area contributed by atoms with Crippen LogP contribution in [0.1, 0.15) is 33.3 Å². The fourth-order valence-electron chi connectivity index (χ4n) is 2.89. The van der Waals surface area contributed by atoms with Gasteiger partial charge in [-0.1, -0.05) is 64.2 Å². The number of benzene rings is 1. The van der Waals surface area contributed by atoms with Crippen LogP contribution in [0, 0.1) is 0 Å². The average molecular weight is 295 g/mol. The molecule has 2 N–H and O–H groups in total. The molecule has 2 nitrogen and oxygen atoms in total. The summed E-state index contributed by atoms with van der Waals surface area (Å²) in [7, 11) is -1.81. The maximum absolute atomic E-state index is 10.7. The van der Waals surface area contributed by atoms with E-state index in [1.165, 1.54) is 0 Å². The Kier molecular flexibility index (Phi) is 5.59. The van der Waals surface area contributed by atoms with Gasteiger partial charge in [0.25, 0.3) is 0 Å². The highest BCUT2D eigenvalue weighted by molar-refractivity contribution is 6.81. The first-order valence-electron chi connectivity index (χ1n) is 7.47. The quantitative estimate of drug-likeness (QED) is 0.810. The van der Waals surface area contributed by atoms with Crippen molar-refractivity contribution in [1.82, 2.24) is 0 Å². The number of hydrogen-bond acceptors (Lipinski definition) is 2. The number of aliphatic hydroxyl groups is 2. The highest BCUT2D eigenvalue weighted by Crippen LogP contribution is 2.46. The molecule has 20 heavy (non-hydrogen) atoms. The lowest BCUT2D eigenvalue weighted by atomic mass is 10.0. The van der Waals surface area contributed by atoms with Gasteiger partial charge in [0.05, 0.1) is 20.3 Å². The summed E-state index contributed by atoms with van der Waals surface area (Å²) in [6.45, 7) is 13.0. The van der Waals surface area contributed by atoms with Crippen molar-refractivity contribution in [1.29, 1.82) is 0 Å². The summed E-state index contributed by atoms with van der Waals surface area (Å²) >= 11 is 0. The van der Waals surface area contributed by atoms with Crippen molar-refractivity contribution in [3.63, 3.8) is 0 Å². The van der Waals surface area contributed by atoms with E-state index < -0.39 is 20.3 Å². The van der Waals surface area contributed by atoms with Crippen LogP contribution in [0.5, 0.6) is 0 Å². The molecule has 0 fully saturated rings. The Morgan fingerprint density at radius 3 is 1.95 bits per heavy atom. The molecule has 1 rings (SSSR count). The van der Waals surface area contributed by atoms with Crippen molar-refractivity contribution in [2.75, 3.05) is 0 Å². The van der Waals surface area contributed by atoms with Crippen molar-refractivity contribution < 1.29 is 10.2 Å². The van der Waals surface area contributed by atoms with Gasteiger partial charge < -0.3 is 10.2 Å².